The minimum absolute atomic E-state index is 0.0802. The number of hydrogen-bond donors (Lipinski definition) is 2. The van der Waals surface area contributed by atoms with Crippen molar-refractivity contribution in [2.75, 3.05) is 17.2 Å². The highest BCUT2D eigenvalue weighted by Crippen LogP contribution is 2.42. The molecule has 1 aromatic rings. The van der Waals surface area contributed by atoms with Gasteiger partial charge < -0.3 is 10.6 Å². The number of carbonyl (C=O) groups is 1. The first-order chi connectivity index (χ1) is 9.09. The Bertz CT molecular complexity index is 511. The molecule has 1 fully saturated rings. The van der Waals surface area contributed by atoms with E-state index in [9.17, 15) is 4.79 Å². The Labute approximate surface area is 117 Å². The summed E-state index contributed by atoms with van der Waals surface area (Å²) in [5.41, 5.74) is 0.296. The van der Waals surface area contributed by atoms with Crippen molar-refractivity contribution in [3.63, 3.8) is 0 Å². The molecule has 0 aromatic carbocycles. The van der Waals surface area contributed by atoms with Crippen molar-refractivity contribution in [2.24, 2.45) is 11.3 Å². The van der Waals surface area contributed by atoms with Gasteiger partial charge in [0.05, 0.1) is 11.6 Å². The lowest BCUT2D eigenvalue weighted by molar-refractivity contribution is -0.126. The van der Waals surface area contributed by atoms with Crippen molar-refractivity contribution < 1.29 is 4.79 Å². The fraction of sp³-hybridized carbons (Fsp3) is 0.615. The van der Waals surface area contributed by atoms with Gasteiger partial charge in [-0.15, -0.1) is 0 Å². The predicted molar refractivity (Wildman–Crippen MR) is 74.2 cm³/mol. The molecular weight excluding hydrogens is 264 g/mol. The maximum Gasteiger partial charge on any atom is 0.232 e. The van der Waals surface area contributed by atoms with E-state index < -0.39 is 0 Å². The number of nitrogens with zero attached hydrogens (tertiary/aromatic N) is 2. The Morgan fingerprint density at radius 1 is 1.42 bits per heavy atom. The molecule has 0 unspecified atom stereocenters. The van der Waals surface area contributed by atoms with Gasteiger partial charge in [-0.1, -0.05) is 6.92 Å². The third kappa shape index (κ3) is 2.27. The molecule has 3 rings (SSSR count). The van der Waals surface area contributed by atoms with Crippen LogP contribution in [-0.4, -0.2) is 22.4 Å². The van der Waals surface area contributed by atoms with E-state index in [1.807, 2.05) is 0 Å². The molecule has 2 N–H and O–H groups in total. The van der Waals surface area contributed by atoms with Crippen molar-refractivity contribution in [1.82, 2.24) is 9.97 Å². The maximum absolute atomic E-state index is 12.5. The molecule has 1 amide bonds. The van der Waals surface area contributed by atoms with Crippen LogP contribution in [0.1, 0.15) is 32.6 Å². The average Bonchev–Trinajstić information content (AvgIpc) is 2.52. The summed E-state index contributed by atoms with van der Waals surface area (Å²) in [7, 11) is 0. The van der Waals surface area contributed by atoms with Gasteiger partial charge in [-0.05, 0) is 43.2 Å². The summed E-state index contributed by atoms with van der Waals surface area (Å²) in [6.45, 7) is 2.86. The number of fused-ring (bicyclic) bond motifs is 1. The van der Waals surface area contributed by atoms with Crippen molar-refractivity contribution in [3.8, 4) is 0 Å². The van der Waals surface area contributed by atoms with Gasteiger partial charge in [0.1, 0.15) is 5.69 Å². The molecule has 0 radical (unpaired) electrons. The van der Waals surface area contributed by atoms with Crippen LogP contribution in [-0.2, 0) is 4.79 Å². The van der Waals surface area contributed by atoms with Gasteiger partial charge in [0.15, 0.2) is 5.82 Å². The molecule has 2 aliphatic rings. The third-order valence-corrected chi connectivity index (χ3v) is 4.50. The van der Waals surface area contributed by atoms with E-state index in [-0.39, 0.29) is 16.6 Å². The Kier molecular flexibility index (Phi) is 3.09. The van der Waals surface area contributed by atoms with Crippen LogP contribution in [0, 0.1) is 11.3 Å². The number of amides is 1. The zero-order valence-corrected chi connectivity index (χ0v) is 11.6. The molecule has 102 valence electrons. The number of hydrogen-bond acceptors (Lipinski definition) is 4. The Hall–Kier alpha value is -1.36. The average molecular weight is 281 g/mol. The number of carbonyl (C=O) groups excluding carboxylic acids is 1. The van der Waals surface area contributed by atoms with Crippen LogP contribution >= 0.6 is 11.6 Å². The first kappa shape index (κ1) is 12.7. The molecule has 1 spiro atoms. The lowest BCUT2D eigenvalue weighted by atomic mass is 9.70. The van der Waals surface area contributed by atoms with E-state index in [4.69, 9.17) is 11.6 Å². The van der Waals surface area contributed by atoms with Crippen LogP contribution in [0.2, 0.25) is 5.28 Å². The SMILES string of the molecule is CC1CCC2(CC1)CNc1nc(Cl)ncc1NC2=O. The van der Waals surface area contributed by atoms with Crippen molar-refractivity contribution in [1.29, 1.82) is 0 Å². The molecule has 6 heteroatoms. The molecule has 1 aliphatic heterocycles. The van der Waals surface area contributed by atoms with Gasteiger partial charge in [-0.25, -0.2) is 4.98 Å². The first-order valence-corrected chi connectivity index (χ1v) is 7.05. The smallest absolute Gasteiger partial charge is 0.232 e. The number of aromatic nitrogens is 2. The molecule has 1 aromatic heterocycles. The Morgan fingerprint density at radius 3 is 2.89 bits per heavy atom. The molecule has 0 bridgehead atoms. The van der Waals surface area contributed by atoms with Crippen LogP contribution in [0.4, 0.5) is 11.5 Å². The molecule has 19 heavy (non-hydrogen) atoms. The lowest BCUT2D eigenvalue weighted by Crippen LogP contribution is -2.42. The monoisotopic (exact) mass is 280 g/mol. The van der Waals surface area contributed by atoms with Crippen LogP contribution in [0.15, 0.2) is 6.20 Å². The lowest BCUT2D eigenvalue weighted by Gasteiger charge is -2.36. The molecular formula is C13H17ClN4O. The topological polar surface area (TPSA) is 66.9 Å². The Balaban J connectivity index is 1.88. The quantitative estimate of drug-likeness (QED) is 0.717. The normalized spacial score (nSPS) is 30.2. The fourth-order valence-electron chi connectivity index (χ4n) is 2.89. The van der Waals surface area contributed by atoms with E-state index in [2.05, 4.69) is 27.5 Å². The van der Waals surface area contributed by atoms with Gasteiger partial charge in [-0.2, -0.15) is 4.98 Å². The van der Waals surface area contributed by atoms with E-state index in [1.54, 1.807) is 6.20 Å². The van der Waals surface area contributed by atoms with E-state index in [0.29, 0.717) is 24.0 Å². The summed E-state index contributed by atoms with van der Waals surface area (Å²) in [4.78, 5) is 20.5. The number of halogens is 1. The molecule has 1 saturated carbocycles. The van der Waals surface area contributed by atoms with E-state index >= 15 is 0 Å². The summed E-state index contributed by atoms with van der Waals surface area (Å²) in [5.74, 6) is 1.40. The van der Waals surface area contributed by atoms with Crippen LogP contribution in [0.25, 0.3) is 0 Å². The highest BCUT2D eigenvalue weighted by Gasteiger charge is 2.42. The van der Waals surface area contributed by atoms with Crippen molar-refractivity contribution >= 4 is 29.0 Å². The highest BCUT2D eigenvalue weighted by atomic mass is 35.5. The van der Waals surface area contributed by atoms with E-state index in [0.717, 1.165) is 25.7 Å². The summed E-state index contributed by atoms with van der Waals surface area (Å²) >= 11 is 5.79. The molecule has 5 nitrogen and oxygen atoms in total. The van der Waals surface area contributed by atoms with Crippen LogP contribution in [0.3, 0.4) is 0 Å². The largest absolute Gasteiger partial charge is 0.367 e. The summed E-state index contributed by atoms with van der Waals surface area (Å²) in [5, 5.41) is 6.38. The minimum atomic E-state index is -0.320. The molecule has 0 saturated heterocycles. The second kappa shape index (κ2) is 4.63. The van der Waals surface area contributed by atoms with Crippen LogP contribution in [0.5, 0.6) is 0 Å². The zero-order chi connectivity index (χ0) is 13.5. The minimum Gasteiger partial charge on any atom is -0.367 e. The van der Waals surface area contributed by atoms with Gasteiger partial charge >= 0.3 is 0 Å². The second-order valence-electron chi connectivity index (χ2n) is 5.67. The number of rotatable bonds is 0. The number of anilines is 2. The highest BCUT2D eigenvalue weighted by molar-refractivity contribution is 6.28. The predicted octanol–water partition coefficient (Wildman–Crippen LogP) is 2.69. The maximum atomic E-state index is 12.5. The second-order valence-corrected chi connectivity index (χ2v) is 6.01. The molecule has 2 heterocycles. The van der Waals surface area contributed by atoms with Gasteiger partial charge in [0, 0.05) is 6.54 Å². The zero-order valence-electron chi connectivity index (χ0n) is 10.9. The molecule has 0 atom stereocenters. The van der Waals surface area contributed by atoms with Gasteiger partial charge in [-0.3, -0.25) is 4.79 Å². The fourth-order valence-corrected chi connectivity index (χ4v) is 3.03. The summed E-state index contributed by atoms with van der Waals surface area (Å²) < 4.78 is 0. The number of nitrogens with one attached hydrogen (secondary N) is 2. The van der Waals surface area contributed by atoms with Crippen molar-refractivity contribution in [2.45, 2.75) is 32.6 Å². The van der Waals surface area contributed by atoms with Gasteiger partial charge in [0.25, 0.3) is 0 Å². The Morgan fingerprint density at radius 2 is 2.16 bits per heavy atom. The van der Waals surface area contributed by atoms with Crippen LogP contribution < -0.4 is 10.6 Å². The third-order valence-electron chi connectivity index (χ3n) is 4.31. The van der Waals surface area contributed by atoms with E-state index in [1.165, 1.54) is 0 Å². The van der Waals surface area contributed by atoms with Gasteiger partial charge in [0.2, 0.25) is 11.2 Å². The summed E-state index contributed by atoms with van der Waals surface area (Å²) in [6.07, 6.45) is 5.58. The summed E-state index contributed by atoms with van der Waals surface area (Å²) in [6, 6.07) is 0. The molecule has 1 aliphatic carbocycles. The standard InChI is InChI=1S/C13H17ClN4O/c1-8-2-4-13(5-3-8)7-16-10-9(17-11(13)19)6-15-12(14)18-10/h6,8H,2-5,7H2,1H3,(H,17,19)(H,15,16,18). The van der Waals surface area contributed by atoms with Crippen molar-refractivity contribution in [3.05, 3.63) is 11.5 Å². The first-order valence-electron chi connectivity index (χ1n) is 6.67.